The van der Waals surface area contributed by atoms with E-state index in [1.54, 1.807) is 0 Å². The maximum atomic E-state index is 12.2. The zero-order valence-electron chi connectivity index (χ0n) is 27.1. The molecule has 2 aromatic heterocycles. The molecule has 46 heavy (non-hydrogen) atoms. The van der Waals surface area contributed by atoms with Gasteiger partial charge in [-0.2, -0.15) is 15.1 Å². The number of amides is 1. The van der Waals surface area contributed by atoms with Crippen molar-refractivity contribution in [3.63, 3.8) is 0 Å². The van der Waals surface area contributed by atoms with Crippen molar-refractivity contribution in [1.82, 2.24) is 30.0 Å². The molecule has 3 saturated heterocycles. The van der Waals surface area contributed by atoms with Crippen molar-refractivity contribution < 1.29 is 14.3 Å². The molecule has 1 spiro atoms. The van der Waals surface area contributed by atoms with Gasteiger partial charge in [-0.15, -0.1) is 0 Å². The molecule has 240 valence electrons. The molecule has 1 aliphatic carbocycles. The predicted molar refractivity (Wildman–Crippen MR) is 180 cm³/mol. The number of aryl methyl sites for hydroxylation is 2. The summed E-state index contributed by atoms with van der Waals surface area (Å²) in [5.74, 6) is 1.74. The molecule has 2 aromatic carbocycles. The Bertz CT molecular complexity index is 1830. The Hall–Kier alpha value is -4.18. The second-order valence-electron chi connectivity index (χ2n) is 14.0. The van der Waals surface area contributed by atoms with E-state index in [4.69, 9.17) is 19.4 Å². The van der Waals surface area contributed by atoms with Crippen molar-refractivity contribution in [1.29, 1.82) is 0 Å². The van der Waals surface area contributed by atoms with Gasteiger partial charge in [0, 0.05) is 54.0 Å². The number of carbonyl (C=O) groups is 1. The summed E-state index contributed by atoms with van der Waals surface area (Å²) in [4.78, 5) is 29.1. The second-order valence-corrected chi connectivity index (χ2v) is 14.0. The van der Waals surface area contributed by atoms with E-state index in [0.717, 1.165) is 120 Å². The number of hydrogen-bond acceptors (Lipinski definition) is 8. The average Bonchev–Trinajstić information content (AvgIpc) is 3.56. The normalized spacial score (nSPS) is 21.2. The fourth-order valence-corrected chi connectivity index (χ4v) is 7.79. The van der Waals surface area contributed by atoms with Crippen molar-refractivity contribution in [3.8, 4) is 22.9 Å². The molecule has 4 fully saturated rings. The van der Waals surface area contributed by atoms with Gasteiger partial charge >= 0.3 is 6.01 Å². The molecule has 10 nitrogen and oxygen atoms in total. The Balaban J connectivity index is 1.23. The highest BCUT2D eigenvalue weighted by molar-refractivity contribution is 6.05. The summed E-state index contributed by atoms with van der Waals surface area (Å²) in [5, 5.41) is 9.59. The van der Waals surface area contributed by atoms with Crippen LogP contribution in [-0.4, -0.2) is 94.4 Å². The monoisotopic (exact) mass is 621 g/mol. The highest BCUT2D eigenvalue weighted by Crippen LogP contribution is 2.48. The Kier molecular flexibility index (Phi) is 7.16. The van der Waals surface area contributed by atoms with Gasteiger partial charge in [-0.3, -0.25) is 9.89 Å². The van der Waals surface area contributed by atoms with E-state index in [1.807, 2.05) is 11.1 Å². The Morgan fingerprint density at radius 2 is 1.87 bits per heavy atom. The van der Waals surface area contributed by atoms with Crippen LogP contribution >= 0.6 is 0 Å². The molecule has 1 atom stereocenters. The smallest absolute Gasteiger partial charge is 0.319 e. The van der Waals surface area contributed by atoms with E-state index in [1.165, 1.54) is 12.5 Å². The van der Waals surface area contributed by atoms with Gasteiger partial charge in [0.25, 0.3) is 0 Å². The topological polar surface area (TPSA) is 99.7 Å². The lowest BCUT2D eigenvalue weighted by atomic mass is 9.72. The minimum Gasteiger partial charge on any atom is -0.487 e. The number of benzene rings is 2. The molecular weight excluding hydrogens is 578 g/mol. The first-order valence-corrected chi connectivity index (χ1v) is 16.8. The third kappa shape index (κ3) is 5.07. The summed E-state index contributed by atoms with van der Waals surface area (Å²) < 4.78 is 13.3. The van der Waals surface area contributed by atoms with Crippen molar-refractivity contribution in [2.45, 2.75) is 64.5 Å². The predicted octanol–water partition coefficient (Wildman–Crippen LogP) is 5.42. The summed E-state index contributed by atoms with van der Waals surface area (Å²) in [7, 11) is 2.16. The van der Waals surface area contributed by atoms with Gasteiger partial charge in [-0.25, -0.2) is 0 Å². The van der Waals surface area contributed by atoms with Gasteiger partial charge in [0.2, 0.25) is 5.91 Å². The molecule has 1 saturated carbocycles. The number of aromatic amines is 1. The van der Waals surface area contributed by atoms with Gasteiger partial charge in [-0.05, 0) is 101 Å². The average molecular weight is 622 g/mol. The number of nitrogens with one attached hydrogen (secondary N) is 1. The minimum absolute atomic E-state index is 0.0281. The number of likely N-dealkylation sites (N-methyl/N-ethyl adjacent to an activating group) is 1. The lowest BCUT2D eigenvalue weighted by Gasteiger charge is -2.54. The van der Waals surface area contributed by atoms with E-state index in [-0.39, 0.29) is 17.4 Å². The number of fused-ring (bicyclic) bond motifs is 2. The first kappa shape index (κ1) is 29.2. The first-order chi connectivity index (χ1) is 22.3. The maximum absolute atomic E-state index is 12.2. The highest BCUT2D eigenvalue weighted by atomic mass is 16.5. The molecule has 4 aromatic rings. The molecule has 1 N–H and O–H groups in total. The van der Waals surface area contributed by atoms with Crippen LogP contribution in [0.3, 0.4) is 0 Å². The summed E-state index contributed by atoms with van der Waals surface area (Å²) in [6.45, 7) is 13.0. The van der Waals surface area contributed by atoms with Crippen molar-refractivity contribution in [2.75, 3.05) is 51.3 Å². The quantitative estimate of drug-likeness (QED) is 0.261. The van der Waals surface area contributed by atoms with Crippen LogP contribution in [0.4, 0.5) is 5.82 Å². The van der Waals surface area contributed by atoms with E-state index < -0.39 is 0 Å². The van der Waals surface area contributed by atoms with Crippen LogP contribution in [0.5, 0.6) is 11.8 Å². The van der Waals surface area contributed by atoms with Crippen molar-refractivity contribution >= 4 is 33.5 Å². The van der Waals surface area contributed by atoms with Crippen molar-refractivity contribution in [2.24, 2.45) is 5.41 Å². The molecule has 8 rings (SSSR count). The molecule has 0 unspecified atom stereocenters. The van der Waals surface area contributed by atoms with E-state index in [2.05, 4.69) is 65.7 Å². The van der Waals surface area contributed by atoms with Crippen molar-refractivity contribution in [3.05, 3.63) is 48.2 Å². The van der Waals surface area contributed by atoms with Gasteiger partial charge in [0.15, 0.2) is 5.75 Å². The number of piperidine rings is 1. The number of carbonyl (C=O) groups excluding carboxylic acids is 1. The SMILES string of the molecule is C=CC(=O)N1CC2(CCN(c3nc(OC[C@@H]4CCCN4C)nc4c(OC5CC5)c(-c5c(C)ccc6[nH]ncc56)c(C)cc34)CC2)C1. The zero-order chi connectivity index (χ0) is 31.6. The molecular formula is C36H43N7O3. The molecule has 4 aliphatic rings. The molecule has 0 bridgehead atoms. The van der Waals surface area contributed by atoms with E-state index >= 15 is 0 Å². The van der Waals surface area contributed by atoms with Gasteiger partial charge < -0.3 is 24.2 Å². The fourth-order valence-electron chi connectivity index (χ4n) is 7.79. The summed E-state index contributed by atoms with van der Waals surface area (Å²) in [6.07, 6.45) is 9.90. The first-order valence-electron chi connectivity index (χ1n) is 16.8. The number of anilines is 1. The van der Waals surface area contributed by atoms with Crippen LogP contribution in [0.25, 0.3) is 32.9 Å². The molecule has 10 heteroatoms. The van der Waals surface area contributed by atoms with Crippen LogP contribution in [0.15, 0.2) is 37.1 Å². The molecule has 0 radical (unpaired) electrons. The minimum atomic E-state index is 0.0281. The van der Waals surface area contributed by atoms with Crippen LogP contribution in [0.1, 0.15) is 49.7 Å². The number of likely N-dealkylation sites (tertiary alicyclic amines) is 2. The largest absolute Gasteiger partial charge is 0.487 e. The number of rotatable bonds is 8. The number of ether oxygens (including phenoxy) is 2. The van der Waals surface area contributed by atoms with Crippen LogP contribution in [0, 0.1) is 19.3 Å². The highest BCUT2D eigenvalue weighted by Gasteiger charge is 2.46. The van der Waals surface area contributed by atoms with E-state index in [9.17, 15) is 4.79 Å². The second kappa shape index (κ2) is 11.3. The lowest BCUT2D eigenvalue weighted by molar-refractivity contribution is -0.139. The third-order valence-electron chi connectivity index (χ3n) is 10.7. The lowest BCUT2D eigenvalue weighted by Crippen LogP contribution is -2.61. The molecule has 5 heterocycles. The number of aromatic nitrogens is 4. The summed E-state index contributed by atoms with van der Waals surface area (Å²) in [5.41, 5.74) is 6.45. The van der Waals surface area contributed by atoms with Gasteiger partial charge in [-0.1, -0.05) is 12.6 Å². The number of hydrogen-bond donors (Lipinski definition) is 1. The summed E-state index contributed by atoms with van der Waals surface area (Å²) >= 11 is 0. The van der Waals surface area contributed by atoms with Crippen LogP contribution in [-0.2, 0) is 4.79 Å². The standard InChI is InChI=1S/C36H43N7O3/c1-5-29(44)43-20-36(21-43)12-15-42(16-13-36)34-26-17-23(3)31(30-22(2)8-11-28-27(30)18-37-40-28)33(46-25-9-10-25)32(26)38-35(39-34)45-19-24-7-6-14-41(24)4/h5,8,11,17-18,24-25H,1,6-7,9-10,12-16,19-21H2,2-4H3,(H,37,40)/t24-/m0/s1. The zero-order valence-corrected chi connectivity index (χ0v) is 27.1. The fraction of sp³-hybridized carbons (Fsp3) is 0.500. The Morgan fingerprint density at radius 3 is 2.59 bits per heavy atom. The summed E-state index contributed by atoms with van der Waals surface area (Å²) in [6, 6.07) is 7.23. The van der Waals surface area contributed by atoms with E-state index in [0.29, 0.717) is 18.7 Å². The third-order valence-corrected chi connectivity index (χ3v) is 10.7. The Labute approximate surface area is 269 Å². The molecule has 1 amide bonds. The number of H-pyrrole nitrogens is 1. The van der Waals surface area contributed by atoms with Crippen LogP contribution in [0.2, 0.25) is 0 Å². The Morgan fingerprint density at radius 1 is 1.07 bits per heavy atom. The number of nitrogens with zero attached hydrogens (tertiary/aromatic N) is 6. The molecule has 3 aliphatic heterocycles. The van der Waals surface area contributed by atoms with Gasteiger partial charge in [0.1, 0.15) is 17.9 Å². The van der Waals surface area contributed by atoms with Crippen LogP contribution < -0.4 is 14.4 Å². The maximum Gasteiger partial charge on any atom is 0.319 e. The van der Waals surface area contributed by atoms with Gasteiger partial charge in [0.05, 0.1) is 17.8 Å².